The van der Waals surface area contributed by atoms with Crippen LogP contribution in [0.25, 0.3) is 5.69 Å². The van der Waals surface area contributed by atoms with Gasteiger partial charge in [-0.15, -0.1) is 0 Å². The van der Waals surface area contributed by atoms with Crippen molar-refractivity contribution in [1.29, 1.82) is 0 Å². The van der Waals surface area contributed by atoms with E-state index in [1.54, 1.807) is 4.68 Å². The van der Waals surface area contributed by atoms with Crippen LogP contribution in [0.3, 0.4) is 0 Å². The lowest BCUT2D eigenvalue weighted by atomic mass is 9.93. The van der Waals surface area contributed by atoms with Crippen LogP contribution >= 0.6 is 15.9 Å². The summed E-state index contributed by atoms with van der Waals surface area (Å²) in [6.45, 7) is 12.4. The van der Waals surface area contributed by atoms with Crippen molar-refractivity contribution in [1.82, 2.24) is 9.78 Å². The zero-order valence-electron chi connectivity index (χ0n) is 12.9. The van der Waals surface area contributed by atoms with Gasteiger partial charge in [0.25, 0.3) is 5.56 Å². The Kier molecular flexibility index (Phi) is 3.71. The molecular weight excluding hydrogens is 316 g/mol. The average molecular weight is 337 g/mol. The number of aromatic amines is 1. The summed E-state index contributed by atoms with van der Waals surface area (Å²) in [6.07, 6.45) is 0. The molecular formula is C16H21BrN2O. The van der Waals surface area contributed by atoms with Crippen molar-refractivity contribution in [2.75, 3.05) is 0 Å². The zero-order valence-corrected chi connectivity index (χ0v) is 14.5. The van der Waals surface area contributed by atoms with E-state index in [1.165, 1.54) is 5.56 Å². The van der Waals surface area contributed by atoms with Gasteiger partial charge in [-0.1, -0.05) is 38.5 Å². The summed E-state index contributed by atoms with van der Waals surface area (Å²) in [5.41, 5.74) is 5.11. The number of benzene rings is 1. The summed E-state index contributed by atoms with van der Waals surface area (Å²) in [6, 6.07) is 4.20. The van der Waals surface area contributed by atoms with E-state index in [-0.39, 0.29) is 11.0 Å². The fourth-order valence-corrected chi connectivity index (χ4v) is 3.46. The monoisotopic (exact) mass is 336 g/mol. The highest BCUT2D eigenvalue weighted by atomic mass is 79.9. The molecule has 0 saturated heterocycles. The van der Waals surface area contributed by atoms with Crippen LogP contribution in [0.4, 0.5) is 0 Å². The predicted molar refractivity (Wildman–Crippen MR) is 87.0 cm³/mol. The SMILES string of the molecule is Cc1cc(C)c(-n2[nH]c(C(C)(C)C)c(Br)c2=O)c(C)c1. The second-order valence-electron chi connectivity index (χ2n) is 6.44. The molecule has 0 spiro atoms. The highest BCUT2D eigenvalue weighted by Gasteiger charge is 2.24. The molecule has 1 aromatic carbocycles. The molecule has 0 radical (unpaired) electrons. The lowest BCUT2D eigenvalue weighted by molar-refractivity contribution is 0.557. The quantitative estimate of drug-likeness (QED) is 0.834. The summed E-state index contributed by atoms with van der Waals surface area (Å²) in [4.78, 5) is 12.5. The first-order chi connectivity index (χ1) is 9.12. The second-order valence-corrected chi connectivity index (χ2v) is 7.23. The number of aromatic nitrogens is 2. The van der Waals surface area contributed by atoms with Gasteiger partial charge < -0.3 is 0 Å². The van der Waals surface area contributed by atoms with Gasteiger partial charge in [0, 0.05) is 5.41 Å². The predicted octanol–water partition coefficient (Wildman–Crippen LogP) is 4.15. The van der Waals surface area contributed by atoms with Gasteiger partial charge in [0.2, 0.25) is 0 Å². The molecule has 3 nitrogen and oxygen atoms in total. The summed E-state index contributed by atoms with van der Waals surface area (Å²) in [7, 11) is 0. The van der Waals surface area contributed by atoms with Crippen LogP contribution < -0.4 is 5.56 Å². The molecule has 0 fully saturated rings. The van der Waals surface area contributed by atoms with Gasteiger partial charge in [0.15, 0.2) is 0 Å². The third-order valence-electron chi connectivity index (χ3n) is 3.44. The van der Waals surface area contributed by atoms with Crippen LogP contribution in [-0.2, 0) is 5.41 Å². The Morgan fingerprint density at radius 1 is 1.10 bits per heavy atom. The van der Waals surface area contributed by atoms with Gasteiger partial charge in [-0.05, 0) is 47.8 Å². The molecule has 1 heterocycles. The number of halogens is 1. The van der Waals surface area contributed by atoms with Crippen molar-refractivity contribution < 1.29 is 0 Å². The van der Waals surface area contributed by atoms with E-state index in [4.69, 9.17) is 0 Å². The van der Waals surface area contributed by atoms with Crippen LogP contribution in [0, 0.1) is 20.8 Å². The Hall–Kier alpha value is -1.29. The smallest absolute Gasteiger partial charge is 0.285 e. The molecule has 0 amide bonds. The highest BCUT2D eigenvalue weighted by Crippen LogP contribution is 2.27. The van der Waals surface area contributed by atoms with Crippen molar-refractivity contribution >= 4 is 15.9 Å². The molecule has 0 aliphatic rings. The minimum atomic E-state index is -0.115. The van der Waals surface area contributed by atoms with Crippen molar-refractivity contribution in [3.05, 3.63) is 49.3 Å². The molecule has 0 aliphatic heterocycles. The van der Waals surface area contributed by atoms with Gasteiger partial charge in [0.05, 0.1) is 11.4 Å². The van der Waals surface area contributed by atoms with E-state index in [0.717, 1.165) is 22.5 Å². The average Bonchev–Trinajstić information content (AvgIpc) is 2.55. The largest absolute Gasteiger partial charge is 0.293 e. The lowest BCUT2D eigenvalue weighted by Gasteiger charge is -2.17. The normalized spacial score (nSPS) is 11.9. The van der Waals surface area contributed by atoms with Crippen molar-refractivity contribution in [3.63, 3.8) is 0 Å². The molecule has 2 aromatic rings. The van der Waals surface area contributed by atoms with Crippen molar-refractivity contribution in [2.45, 2.75) is 47.0 Å². The number of hydrogen-bond acceptors (Lipinski definition) is 1. The summed E-state index contributed by atoms with van der Waals surface area (Å²) in [5, 5.41) is 3.26. The summed E-state index contributed by atoms with van der Waals surface area (Å²) >= 11 is 3.43. The molecule has 2 rings (SSSR count). The second kappa shape index (κ2) is 4.92. The molecule has 0 unspecified atom stereocenters. The Bertz CT molecular complexity index is 694. The van der Waals surface area contributed by atoms with Crippen LogP contribution in [0.5, 0.6) is 0 Å². The number of hydrogen-bond donors (Lipinski definition) is 1. The van der Waals surface area contributed by atoms with Crippen molar-refractivity contribution in [3.8, 4) is 5.69 Å². The molecule has 108 valence electrons. The summed E-state index contributed by atoms with van der Waals surface area (Å²) < 4.78 is 2.26. The maximum Gasteiger partial charge on any atom is 0.285 e. The standard InChI is InChI=1S/C16H21BrN2O/c1-9-7-10(2)13(11(3)8-9)19-15(20)12(17)14(18-19)16(4,5)6/h7-8,18H,1-6H3. The first kappa shape index (κ1) is 15.1. The molecule has 0 saturated carbocycles. The fourth-order valence-electron chi connectivity index (χ4n) is 2.60. The Morgan fingerprint density at radius 2 is 1.60 bits per heavy atom. The van der Waals surface area contributed by atoms with E-state index in [2.05, 4.69) is 60.9 Å². The molecule has 1 N–H and O–H groups in total. The molecule has 0 aliphatic carbocycles. The van der Waals surface area contributed by atoms with Gasteiger partial charge in [0.1, 0.15) is 4.47 Å². The number of rotatable bonds is 1. The van der Waals surface area contributed by atoms with Gasteiger partial charge in [-0.2, -0.15) is 0 Å². The van der Waals surface area contributed by atoms with E-state index in [0.29, 0.717) is 4.47 Å². The zero-order chi connectivity index (χ0) is 15.2. The van der Waals surface area contributed by atoms with Gasteiger partial charge in [-0.3, -0.25) is 9.89 Å². The van der Waals surface area contributed by atoms with Gasteiger partial charge in [-0.25, -0.2) is 4.68 Å². The lowest BCUT2D eigenvalue weighted by Crippen LogP contribution is -2.17. The van der Waals surface area contributed by atoms with Crippen LogP contribution in [0.2, 0.25) is 0 Å². The number of H-pyrrole nitrogens is 1. The first-order valence-electron chi connectivity index (χ1n) is 6.72. The minimum Gasteiger partial charge on any atom is -0.293 e. The molecule has 4 heteroatoms. The van der Waals surface area contributed by atoms with E-state index in [9.17, 15) is 4.79 Å². The Balaban J connectivity index is 2.76. The van der Waals surface area contributed by atoms with Crippen LogP contribution in [-0.4, -0.2) is 9.78 Å². The van der Waals surface area contributed by atoms with Crippen LogP contribution in [0.1, 0.15) is 43.2 Å². The van der Waals surface area contributed by atoms with Crippen LogP contribution in [0.15, 0.2) is 21.4 Å². The van der Waals surface area contributed by atoms with Crippen molar-refractivity contribution in [2.24, 2.45) is 0 Å². The van der Waals surface area contributed by atoms with Gasteiger partial charge >= 0.3 is 0 Å². The topological polar surface area (TPSA) is 37.8 Å². The number of nitrogens with zero attached hydrogens (tertiary/aromatic N) is 1. The number of nitrogens with one attached hydrogen (secondary N) is 1. The highest BCUT2D eigenvalue weighted by molar-refractivity contribution is 9.10. The maximum atomic E-state index is 12.5. The molecule has 1 aromatic heterocycles. The van der Waals surface area contributed by atoms with E-state index in [1.807, 2.05) is 13.8 Å². The maximum absolute atomic E-state index is 12.5. The third kappa shape index (κ3) is 2.49. The Labute approximate surface area is 128 Å². The molecule has 20 heavy (non-hydrogen) atoms. The number of aryl methyl sites for hydroxylation is 3. The Morgan fingerprint density at radius 3 is 2.00 bits per heavy atom. The van der Waals surface area contributed by atoms with E-state index >= 15 is 0 Å². The third-order valence-corrected chi connectivity index (χ3v) is 4.18. The first-order valence-corrected chi connectivity index (χ1v) is 7.51. The minimum absolute atomic E-state index is 0.0371. The fraction of sp³-hybridized carbons (Fsp3) is 0.438. The summed E-state index contributed by atoms with van der Waals surface area (Å²) in [5.74, 6) is 0. The van der Waals surface area contributed by atoms with E-state index < -0.39 is 0 Å². The molecule has 0 atom stereocenters. The molecule has 0 bridgehead atoms.